The zero-order valence-electron chi connectivity index (χ0n) is 17.9. The van der Waals surface area contributed by atoms with Gasteiger partial charge >= 0.3 is 5.69 Å². The lowest BCUT2D eigenvalue weighted by Gasteiger charge is -2.14. The fourth-order valence-electron chi connectivity index (χ4n) is 3.21. The summed E-state index contributed by atoms with van der Waals surface area (Å²) in [5.41, 5.74) is 1.95. The minimum absolute atomic E-state index is 0.0861. The first-order valence-corrected chi connectivity index (χ1v) is 9.85. The SMILES string of the molecule is COc1cc(/C=C2/C(=O)NN(c3ccccc3)C2=O)cc([N+](=O)[O-])c1Oc1ccc([N+](=O)[O-])cn1. The predicted molar refractivity (Wildman–Crippen MR) is 121 cm³/mol. The zero-order valence-corrected chi connectivity index (χ0v) is 17.9. The molecule has 1 N–H and O–H groups in total. The van der Waals surface area contributed by atoms with Crippen molar-refractivity contribution in [2.24, 2.45) is 0 Å². The summed E-state index contributed by atoms with van der Waals surface area (Å²) in [6.07, 6.45) is 2.14. The van der Waals surface area contributed by atoms with Crippen LogP contribution in [0.3, 0.4) is 0 Å². The average molecular weight is 477 g/mol. The van der Waals surface area contributed by atoms with E-state index in [1.807, 2.05) is 0 Å². The summed E-state index contributed by atoms with van der Waals surface area (Å²) < 4.78 is 10.7. The maximum atomic E-state index is 12.8. The number of nitro groups is 2. The second-order valence-corrected chi connectivity index (χ2v) is 7.02. The molecule has 1 saturated heterocycles. The van der Waals surface area contributed by atoms with Gasteiger partial charge in [0.15, 0.2) is 5.75 Å². The number of benzene rings is 2. The van der Waals surface area contributed by atoms with Gasteiger partial charge in [0.25, 0.3) is 17.5 Å². The Morgan fingerprint density at radius 1 is 1.03 bits per heavy atom. The van der Waals surface area contributed by atoms with Crippen molar-refractivity contribution in [3.63, 3.8) is 0 Å². The normalized spacial score (nSPS) is 14.1. The van der Waals surface area contributed by atoms with Crippen molar-refractivity contribution >= 4 is 35.0 Å². The number of nitrogens with zero attached hydrogens (tertiary/aromatic N) is 4. The maximum Gasteiger partial charge on any atom is 0.316 e. The van der Waals surface area contributed by atoms with Crippen LogP contribution in [-0.2, 0) is 9.59 Å². The first-order chi connectivity index (χ1) is 16.8. The minimum Gasteiger partial charge on any atom is -0.493 e. The Bertz CT molecular complexity index is 1370. The summed E-state index contributed by atoms with van der Waals surface area (Å²) in [6, 6.07) is 13.2. The highest BCUT2D eigenvalue weighted by atomic mass is 16.6. The second kappa shape index (κ2) is 9.27. The van der Waals surface area contributed by atoms with E-state index in [0.29, 0.717) is 5.69 Å². The maximum absolute atomic E-state index is 12.8. The third-order valence-electron chi connectivity index (χ3n) is 4.83. The van der Waals surface area contributed by atoms with Crippen LogP contribution >= 0.6 is 0 Å². The smallest absolute Gasteiger partial charge is 0.316 e. The van der Waals surface area contributed by atoms with Crippen LogP contribution in [0.4, 0.5) is 17.1 Å². The van der Waals surface area contributed by atoms with Crippen molar-refractivity contribution in [2.45, 2.75) is 0 Å². The molecule has 1 aliphatic heterocycles. The summed E-state index contributed by atoms with van der Waals surface area (Å²) in [5.74, 6) is -1.87. The van der Waals surface area contributed by atoms with E-state index in [0.717, 1.165) is 23.3 Å². The highest BCUT2D eigenvalue weighted by Gasteiger charge is 2.35. The van der Waals surface area contributed by atoms with Crippen LogP contribution in [0.1, 0.15) is 5.56 Å². The number of pyridine rings is 1. The Balaban J connectivity index is 1.70. The molecule has 0 unspecified atom stereocenters. The number of carbonyl (C=O) groups excluding carboxylic acids is 2. The molecule has 0 spiro atoms. The van der Waals surface area contributed by atoms with Gasteiger partial charge in [-0.2, -0.15) is 0 Å². The molecular weight excluding hydrogens is 462 g/mol. The molecule has 13 nitrogen and oxygen atoms in total. The predicted octanol–water partition coefficient (Wildman–Crippen LogP) is 3.16. The number of anilines is 1. The first-order valence-electron chi connectivity index (χ1n) is 9.85. The topological polar surface area (TPSA) is 167 Å². The summed E-state index contributed by atoms with van der Waals surface area (Å²) in [4.78, 5) is 50.2. The van der Waals surface area contributed by atoms with Crippen molar-refractivity contribution in [2.75, 3.05) is 12.1 Å². The van der Waals surface area contributed by atoms with Crippen LogP contribution in [0, 0.1) is 20.2 Å². The van der Waals surface area contributed by atoms with Gasteiger partial charge in [-0.15, -0.1) is 0 Å². The number of nitro benzene ring substituents is 1. The number of hydrogen-bond donors (Lipinski definition) is 1. The molecule has 4 rings (SSSR count). The van der Waals surface area contributed by atoms with Crippen molar-refractivity contribution in [1.29, 1.82) is 0 Å². The van der Waals surface area contributed by atoms with E-state index < -0.39 is 27.3 Å². The molecular formula is C22H15N5O8. The van der Waals surface area contributed by atoms with Crippen LogP contribution in [0.5, 0.6) is 17.4 Å². The number of amides is 2. The van der Waals surface area contributed by atoms with Crippen LogP contribution in [0.2, 0.25) is 0 Å². The van der Waals surface area contributed by atoms with Crippen molar-refractivity contribution < 1.29 is 28.9 Å². The highest BCUT2D eigenvalue weighted by molar-refractivity contribution is 6.31. The molecule has 2 aromatic carbocycles. The van der Waals surface area contributed by atoms with Crippen molar-refractivity contribution in [1.82, 2.24) is 10.4 Å². The summed E-state index contributed by atoms with van der Waals surface area (Å²) in [5, 5.41) is 23.6. The largest absolute Gasteiger partial charge is 0.493 e. The summed E-state index contributed by atoms with van der Waals surface area (Å²) in [7, 11) is 1.25. The number of hydrazine groups is 1. The third kappa shape index (κ3) is 4.59. The minimum atomic E-state index is -0.738. The van der Waals surface area contributed by atoms with Gasteiger partial charge in [-0.3, -0.25) is 35.2 Å². The lowest BCUT2D eigenvalue weighted by molar-refractivity contribution is -0.385. The van der Waals surface area contributed by atoms with E-state index in [9.17, 15) is 29.8 Å². The molecule has 1 aromatic heterocycles. The number of aromatic nitrogens is 1. The van der Waals surface area contributed by atoms with Crippen LogP contribution in [0.25, 0.3) is 6.08 Å². The van der Waals surface area contributed by atoms with E-state index in [1.165, 1.54) is 25.3 Å². The van der Waals surface area contributed by atoms with Gasteiger partial charge in [0.05, 0.1) is 22.6 Å². The number of methoxy groups -OCH3 is 1. The standard InChI is InChI=1S/C22H15N5O8/c1-34-18-11-13(9-16-21(28)24-25(22(16)29)14-5-3-2-4-6-14)10-17(27(32)33)20(18)35-19-8-7-15(12-23-19)26(30)31/h2-12H,1H3,(H,24,28)/b16-9-. The van der Waals surface area contributed by atoms with E-state index >= 15 is 0 Å². The van der Waals surface area contributed by atoms with E-state index in [1.54, 1.807) is 30.3 Å². The van der Waals surface area contributed by atoms with Crippen LogP contribution < -0.4 is 19.9 Å². The Labute approximate surface area is 196 Å². The monoisotopic (exact) mass is 477 g/mol. The number of hydrogen-bond acceptors (Lipinski definition) is 9. The molecule has 0 bridgehead atoms. The van der Waals surface area contributed by atoms with E-state index in [-0.39, 0.29) is 34.2 Å². The molecule has 0 saturated carbocycles. The van der Waals surface area contributed by atoms with Crippen LogP contribution in [-0.4, -0.2) is 33.8 Å². The van der Waals surface area contributed by atoms with Gasteiger partial charge in [-0.25, -0.2) is 9.99 Å². The van der Waals surface area contributed by atoms with Crippen molar-refractivity contribution in [3.8, 4) is 17.4 Å². The number of rotatable bonds is 7. The van der Waals surface area contributed by atoms with Crippen molar-refractivity contribution in [3.05, 3.63) is 92.2 Å². The molecule has 1 fully saturated rings. The lowest BCUT2D eigenvalue weighted by atomic mass is 10.1. The molecule has 1 aliphatic rings. The second-order valence-electron chi connectivity index (χ2n) is 7.02. The van der Waals surface area contributed by atoms with Gasteiger partial charge in [0.1, 0.15) is 11.8 Å². The molecule has 35 heavy (non-hydrogen) atoms. The van der Waals surface area contributed by atoms with Gasteiger partial charge in [-0.05, 0) is 29.8 Å². The molecule has 176 valence electrons. The van der Waals surface area contributed by atoms with Gasteiger partial charge in [0.2, 0.25) is 11.6 Å². The van der Waals surface area contributed by atoms with Crippen LogP contribution in [0.15, 0.2) is 66.4 Å². The number of para-hydroxylation sites is 1. The summed E-state index contributed by atoms with van der Waals surface area (Å²) >= 11 is 0. The lowest BCUT2D eigenvalue weighted by Crippen LogP contribution is -2.35. The number of nitrogens with one attached hydrogen (secondary N) is 1. The summed E-state index contributed by atoms with van der Waals surface area (Å²) in [6.45, 7) is 0. The van der Waals surface area contributed by atoms with Gasteiger partial charge < -0.3 is 9.47 Å². The Hall–Kier alpha value is -5.33. The van der Waals surface area contributed by atoms with Gasteiger partial charge in [0, 0.05) is 18.2 Å². The third-order valence-corrected chi connectivity index (χ3v) is 4.83. The fraction of sp³-hybridized carbons (Fsp3) is 0.0455. The zero-order chi connectivity index (χ0) is 25.1. The molecule has 2 amide bonds. The van der Waals surface area contributed by atoms with E-state index in [4.69, 9.17) is 9.47 Å². The Kier molecular flexibility index (Phi) is 6.05. The molecule has 0 radical (unpaired) electrons. The molecule has 0 atom stereocenters. The molecule has 3 aromatic rings. The average Bonchev–Trinajstić information content (AvgIpc) is 3.13. The first kappa shape index (κ1) is 22.8. The quantitative estimate of drug-likeness (QED) is 0.233. The Morgan fingerprint density at radius 2 is 1.77 bits per heavy atom. The number of carbonyl (C=O) groups is 2. The molecule has 2 heterocycles. The van der Waals surface area contributed by atoms with Gasteiger partial charge in [-0.1, -0.05) is 18.2 Å². The number of ether oxygens (including phenoxy) is 2. The molecule has 0 aliphatic carbocycles. The Morgan fingerprint density at radius 3 is 2.37 bits per heavy atom. The highest BCUT2D eigenvalue weighted by Crippen LogP contribution is 2.41. The molecule has 13 heteroatoms. The van der Waals surface area contributed by atoms with E-state index in [2.05, 4.69) is 10.4 Å². The fourth-order valence-corrected chi connectivity index (χ4v) is 3.21.